The van der Waals surface area contributed by atoms with Crippen LogP contribution in [0, 0.1) is 10.1 Å². The van der Waals surface area contributed by atoms with Gasteiger partial charge in [-0.15, -0.1) is 0 Å². The molecule has 45 heavy (non-hydrogen) atoms. The molecule has 0 aliphatic carbocycles. The van der Waals surface area contributed by atoms with E-state index in [4.69, 9.17) is 28.8 Å². The van der Waals surface area contributed by atoms with Crippen molar-refractivity contribution < 1.29 is 38.2 Å². The van der Waals surface area contributed by atoms with E-state index in [2.05, 4.69) is 5.32 Å². The number of methoxy groups -OCH3 is 2. The Morgan fingerprint density at radius 2 is 1.53 bits per heavy atom. The summed E-state index contributed by atoms with van der Waals surface area (Å²) >= 11 is 0. The molecule has 238 valence electrons. The van der Waals surface area contributed by atoms with E-state index in [9.17, 15) is 19.7 Å². The van der Waals surface area contributed by atoms with Crippen molar-refractivity contribution in [2.45, 2.75) is 26.7 Å². The molecule has 13 nitrogen and oxygen atoms in total. The first-order valence-electron chi connectivity index (χ1n) is 14.3. The van der Waals surface area contributed by atoms with Gasteiger partial charge < -0.3 is 29.0 Å². The highest BCUT2D eigenvalue weighted by molar-refractivity contribution is 6.00. The number of rotatable bonds is 14. The molecule has 0 spiro atoms. The zero-order valence-corrected chi connectivity index (χ0v) is 25.8. The minimum atomic E-state index is -1.02. The number of hydrogen-bond acceptors (Lipinski definition) is 11. The Bertz CT molecular complexity index is 1570. The molecule has 2 aromatic carbocycles. The molecule has 4 rings (SSSR count). The van der Waals surface area contributed by atoms with Crippen molar-refractivity contribution in [2.75, 3.05) is 47.3 Å². The SMILES string of the molecule is CCOc1ccc(-c2nn(-c3ccccc3)cc2C2C(C(=O)OCCOC)=C(C)NC(C)=C2C(=O)OCCOC)cc1[N+](=O)[O-]. The number of aromatic nitrogens is 2. The smallest absolute Gasteiger partial charge is 0.336 e. The first-order valence-corrected chi connectivity index (χ1v) is 14.3. The highest BCUT2D eigenvalue weighted by atomic mass is 16.6. The largest absolute Gasteiger partial charge is 0.487 e. The lowest BCUT2D eigenvalue weighted by molar-refractivity contribution is -0.385. The number of esters is 2. The Kier molecular flexibility index (Phi) is 11.1. The predicted molar refractivity (Wildman–Crippen MR) is 164 cm³/mol. The molecule has 0 fully saturated rings. The Hall–Kier alpha value is -5.01. The number of hydrogen-bond donors (Lipinski definition) is 1. The monoisotopic (exact) mass is 620 g/mol. The second-order valence-corrected chi connectivity index (χ2v) is 9.98. The van der Waals surface area contributed by atoms with E-state index in [1.54, 1.807) is 37.7 Å². The number of nitro benzene ring substituents is 1. The molecule has 0 bridgehead atoms. The van der Waals surface area contributed by atoms with Crippen LogP contribution in [0.25, 0.3) is 16.9 Å². The van der Waals surface area contributed by atoms with Crippen LogP contribution in [0.3, 0.4) is 0 Å². The summed E-state index contributed by atoms with van der Waals surface area (Å²) in [5, 5.41) is 20.0. The molecule has 0 saturated heterocycles. The van der Waals surface area contributed by atoms with Gasteiger partial charge in [-0.1, -0.05) is 18.2 Å². The van der Waals surface area contributed by atoms with E-state index in [-0.39, 0.29) is 55.6 Å². The number of nitrogens with one attached hydrogen (secondary N) is 1. The van der Waals surface area contributed by atoms with Crippen molar-refractivity contribution >= 4 is 17.6 Å². The van der Waals surface area contributed by atoms with Gasteiger partial charge in [0, 0.05) is 49.0 Å². The third kappa shape index (κ3) is 7.39. The van der Waals surface area contributed by atoms with Crippen LogP contribution in [0.1, 0.15) is 32.3 Å². The lowest BCUT2D eigenvalue weighted by Crippen LogP contribution is -2.33. The number of allylic oxidation sites excluding steroid dienone is 2. The number of nitro groups is 1. The molecule has 3 aromatic rings. The fraction of sp³-hybridized carbons (Fsp3) is 0.344. The fourth-order valence-corrected chi connectivity index (χ4v) is 5.06. The van der Waals surface area contributed by atoms with Gasteiger partial charge in [0.25, 0.3) is 0 Å². The molecule has 0 amide bonds. The minimum Gasteiger partial charge on any atom is -0.487 e. The minimum absolute atomic E-state index is 0.0175. The molecule has 0 saturated carbocycles. The zero-order valence-electron chi connectivity index (χ0n) is 25.8. The van der Waals surface area contributed by atoms with E-state index in [0.29, 0.717) is 33.9 Å². The van der Waals surface area contributed by atoms with E-state index in [0.717, 1.165) is 0 Å². The molecule has 1 N–H and O–H groups in total. The van der Waals surface area contributed by atoms with Crippen LogP contribution in [-0.4, -0.2) is 73.9 Å². The second-order valence-electron chi connectivity index (χ2n) is 9.98. The van der Waals surface area contributed by atoms with Crippen molar-refractivity contribution in [3.63, 3.8) is 0 Å². The maximum absolute atomic E-state index is 13.7. The summed E-state index contributed by atoms with van der Waals surface area (Å²) < 4.78 is 28.3. The molecule has 1 aliphatic heterocycles. The number of benzene rings is 2. The van der Waals surface area contributed by atoms with Gasteiger partial charge in [-0.3, -0.25) is 10.1 Å². The van der Waals surface area contributed by atoms with Crippen LogP contribution in [0.15, 0.2) is 77.3 Å². The van der Waals surface area contributed by atoms with Crippen LogP contribution in [0.5, 0.6) is 5.75 Å². The van der Waals surface area contributed by atoms with Crippen molar-refractivity contribution in [1.29, 1.82) is 0 Å². The summed E-state index contributed by atoms with van der Waals surface area (Å²) in [7, 11) is 2.98. The molecule has 1 aliphatic rings. The first-order chi connectivity index (χ1) is 21.7. The fourth-order valence-electron chi connectivity index (χ4n) is 5.06. The van der Waals surface area contributed by atoms with Crippen LogP contribution < -0.4 is 10.1 Å². The third-order valence-electron chi connectivity index (χ3n) is 7.04. The third-order valence-corrected chi connectivity index (χ3v) is 7.04. The lowest BCUT2D eigenvalue weighted by atomic mass is 9.79. The Morgan fingerprint density at radius 1 is 0.933 bits per heavy atom. The summed E-state index contributed by atoms with van der Waals surface area (Å²) in [5.74, 6) is -2.26. The van der Waals surface area contributed by atoms with Crippen LogP contribution >= 0.6 is 0 Å². The van der Waals surface area contributed by atoms with Gasteiger partial charge >= 0.3 is 17.6 Å². The van der Waals surface area contributed by atoms with Crippen molar-refractivity contribution in [3.8, 4) is 22.7 Å². The Labute approximate surface area is 260 Å². The number of carbonyl (C=O) groups excluding carboxylic acids is 2. The normalized spacial score (nSPS) is 13.4. The maximum Gasteiger partial charge on any atom is 0.336 e. The number of dihydropyridines is 1. The van der Waals surface area contributed by atoms with Crippen molar-refractivity contribution in [2.24, 2.45) is 0 Å². The molecular weight excluding hydrogens is 584 g/mol. The van der Waals surface area contributed by atoms with Crippen LogP contribution in [0.4, 0.5) is 5.69 Å². The number of carbonyl (C=O) groups is 2. The van der Waals surface area contributed by atoms with E-state index < -0.39 is 22.8 Å². The molecular formula is C32H36N4O9. The van der Waals surface area contributed by atoms with Gasteiger partial charge in [0.05, 0.1) is 53.2 Å². The molecule has 13 heteroatoms. The first kappa shape index (κ1) is 32.9. The molecule has 0 unspecified atom stereocenters. The van der Waals surface area contributed by atoms with Gasteiger partial charge in [-0.2, -0.15) is 5.10 Å². The summed E-state index contributed by atoms with van der Waals surface area (Å²) in [4.78, 5) is 38.9. The van der Waals surface area contributed by atoms with E-state index >= 15 is 0 Å². The molecule has 0 radical (unpaired) electrons. The topological polar surface area (TPSA) is 153 Å². The molecule has 2 heterocycles. The Morgan fingerprint density at radius 3 is 2.07 bits per heavy atom. The van der Waals surface area contributed by atoms with Gasteiger partial charge in [-0.05, 0) is 45.0 Å². The lowest BCUT2D eigenvalue weighted by Gasteiger charge is -2.30. The predicted octanol–water partition coefficient (Wildman–Crippen LogP) is 4.46. The average Bonchev–Trinajstić information content (AvgIpc) is 3.47. The van der Waals surface area contributed by atoms with Gasteiger partial charge in [0.1, 0.15) is 13.2 Å². The summed E-state index contributed by atoms with van der Waals surface area (Å²) in [6, 6.07) is 13.7. The summed E-state index contributed by atoms with van der Waals surface area (Å²) in [6.45, 7) is 5.69. The van der Waals surface area contributed by atoms with Crippen molar-refractivity contribution in [3.05, 3.63) is 92.9 Å². The average molecular weight is 621 g/mol. The standard InChI is InChI=1S/C32H36N4O9/c1-6-43-26-13-12-22(18-25(26)36(39)40)30-24(19-35(34-30)23-10-8-7-9-11-23)29-27(31(37)44-16-14-41-4)20(2)33-21(3)28(29)32(38)45-17-15-42-5/h7-13,18-19,29,33H,6,14-17H2,1-5H3. The van der Waals surface area contributed by atoms with Gasteiger partial charge in [0.15, 0.2) is 5.75 Å². The quantitative estimate of drug-likeness (QED) is 0.118. The summed E-state index contributed by atoms with van der Waals surface area (Å²) in [6.07, 6.45) is 1.70. The molecule has 0 atom stereocenters. The number of ether oxygens (including phenoxy) is 5. The maximum atomic E-state index is 13.7. The van der Waals surface area contributed by atoms with E-state index in [1.165, 1.54) is 26.4 Å². The van der Waals surface area contributed by atoms with Crippen molar-refractivity contribution in [1.82, 2.24) is 15.1 Å². The number of nitrogens with zero attached hydrogens (tertiary/aromatic N) is 3. The van der Waals surface area contributed by atoms with Crippen LogP contribution in [-0.2, 0) is 28.5 Å². The van der Waals surface area contributed by atoms with E-state index in [1.807, 2.05) is 30.3 Å². The highest BCUT2D eigenvalue weighted by Crippen LogP contribution is 2.44. The molecule has 1 aromatic heterocycles. The zero-order chi connectivity index (χ0) is 32.5. The number of para-hydroxylation sites is 1. The van der Waals surface area contributed by atoms with Gasteiger partial charge in [0.2, 0.25) is 0 Å². The Balaban J connectivity index is 1.98. The summed E-state index contributed by atoms with van der Waals surface area (Å²) in [5.41, 5.74) is 2.79. The van der Waals surface area contributed by atoms with Crippen LogP contribution in [0.2, 0.25) is 0 Å². The van der Waals surface area contributed by atoms with Gasteiger partial charge in [-0.25, -0.2) is 14.3 Å². The highest BCUT2D eigenvalue weighted by Gasteiger charge is 2.40. The second kappa shape index (κ2) is 15.1.